The Morgan fingerprint density at radius 2 is 1.78 bits per heavy atom. The molecule has 3 heteroatoms. The van der Waals surface area contributed by atoms with Crippen LogP contribution in [0.2, 0.25) is 0 Å². The number of hydrogen-bond acceptors (Lipinski definition) is 3. The zero-order valence-corrected chi connectivity index (χ0v) is 14.0. The highest BCUT2D eigenvalue weighted by molar-refractivity contribution is 6.09. The molecule has 0 atom stereocenters. The molecule has 0 saturated heterocycles. The molecule has 0 aliphatic carbocycles. The predicted octanol–water partition coefficient (Wildman–Crippen LogP) is 4.53. The molecule has 3 aromatic rings. The Hall–Kier alpha value is -2.13. The van der Waals surface area contributed by atoms with Gasteiger partial charge in [0.25, 0.3) is 0 Å². The van der Waals surface area contributed by atoms with Gasteiger partial charge in [0.1, 0.15) is 0 Å². The van der Waals surface area contributed by atoms with Crippen molar-refractivity contribution < 1.29 is 0 Å². The second-order valence-corrected chi connectivity index (χ2v) is 5.85. The van der Waals surface area contributed by atoms with E-state index >= 15 is 0 Å². The lowest BCUT2D eigenvalue weighted by Crippen LogP contribution is -2.25. The third-order valence-corrected chi connectivity index (χ3v) is 4.48. The zero-order chi connectivity index (χ0) is 16.1. The summed E-state index contributed by atoms with van der Waals surface area (Å²) in [6, 6.07) is 14.9. The smallest absolute Gasteiger partial charge is 0.0729 e. The Labute approximate surface area is 138 Å². The van der Waals surface area contributed by atoms with Gasteiger partial charge in [-0.05, 0) is 49.6 Å². The van der Waals surface area contributed by atoms with Crippen LogP contribution in [0, 0.1) is 0 Å². The lowest BCUT2D eigenvalue weighted by atomic mass is 10.0. The minimum atomic E-state index is 0.981. The average Bonchev–Trinajstić information content (AvgIpc) is 2.61. The number of nitrogens with one attached hydrogen (secondary N) is 1. The number of hydrogen-bond donors (Lipinski definition) is 1. The standard InChI is InChI=1S/C20H25N3/c1-3-23(4-2)14-8-13-22-20-17-10-6-5-9-16(17)15-19-18(20)11-7-12-21-19/h5-7,9-12,15,22H,3-4,8,13-14H2,1-2H3. The number of pyridine rings is 1. The molecule has 1 aromatic heterocycles. The summed E-state index contributed by atoms with van der Waals surface area (Å²) in [6.07, 6.45) is 3.01. The molecule has 3 rings (SSSR count). The van der Waals surface area contributed by atoms with E-state index in [4.69, 9.17) is 0 Å². The summed E-state index contributed by atoms with van der Waals surface area (Å²) in [5.41, 5.74) is 2.27. The zero-order valence-electron chi connectivity index (χ0n) is 14.0. The van der Waals surface area contributed by atoms with Gasteiger partial charge >= 0.3 is 0 Å². The average molecular weight is 307 g/mol. The maximum Gasteiger partial charge on any atom is 0.0729 e. The van der Waals surface area contributed by atoms with Crippen molar-refractivity contribution >= 4 is 27.4 Å². The van der Waals surface area contributed by atoms with Gasteiger partial charge in [-0.1, -0.05) is 38.1 Å². The molecule has 120 valence electrons. The topological polar surface area (TPSA) is 28.2 Å². The summed E-state index contributed by atoms with van der Waals surface area (Å²) in [6.45, 7) is 8.81. The first-order valence-corrected chi connectivity index (χ1v) is 8.56. The molecule has 0 bridgehead atoms. The van der Waals surface area contributed by atoms with E-state index < -0.39 is 0 Å². The van der Waals surface area contributed by atoms with Crippen LogP contribution in [0.1, 0.15) is 20.3 Å². The fraction of sp³-hybridized carbons (Fsp3) is 0.350. The van der Waals surface area contributed by atoms with Crippen LogP contribution in [0.3, 0.4) is 0 Å². The van der Waals surface area contributed by atoms with Crippen molar-refractivity contribution in [2.24, 2.45) is 0 Å². The normalized spacial score (nSPS) is 11.4. The van der Waals surface area contributed by atoms with Crippen molar-refractivity contribution in [3.8, 4) is 0 Å². The van der Waals surface area contributed by atoms with Crippen LogP contribution >= 0.6 is 0 Å². The van der Waals surface area contributed by atoms with Gasteiger partial charge in [0, 0.05) is 23.5 Å². The molecular weight excluding hydrogens is 282 g/mol. The molecule has 0 unspecified atom stereocenters. The maximum atomic E-state index is 4.53. The molecule has 23 heavy (non-hydrogen) atoms. The van der Waals surface area contributed by atoms with Crippen molar-refractivity contribution in [3.05, 3.63) is 48.7 Å². The van der Waals surface area contributed by atoms with Crippen LogP contribution < -0.4 is 5.32 Å². The van der Waals surface area contributed by atoms with E-state index in [2.05, 4.69) is 65.4 Å². The number of fused-ring (bicyclic) bond motifs is 2. The first kappa shape index (κ1) is 15.8. The minimum absolute atomic E-state index is 0.981. The summed E-state index contributed by atoms with van der Waals surface area (Å²) >= 11 is 0. The predicted molar refractivity (Wildman–Crippen MR) is 100 cm³/mol. The monoisotopic (exact) mass is 307 g/mol. The molecule has 0 saturated carbocycles. The van der Waals surface area contributed by atoms with E-state index in [1.807, 2.05) is 12.3 Å². The molecule has 2 aromatic carbocycles. The molecule has 0 spiro atoms. The van der Waals surface area contributed by atoms with Crippen molar-refractivity contribution in [1.29, 1.82) is 0 Å². The third kappa shape index (κ3) is 3.45. The van der Waals surface area contributed by atoms with E-state index in [0.717, 1.165) is 38.1 Å². The first-order valence-electron chi connectivity index (χ1n) is 8.56. The molecule has 0 amide bonds. The van der Waals surface area contributed by atoms with Crippen LogP contribution in [0.25, 0.3) is 21.7 Å². The van der Waals surface area contributed by atoms with E-state index in [0.29, 0.717) is 0 Å². The Kier molecular flexibility index (Phi) is 5.09. The van der Waals surface area contributed by atoms with Gasteiger partial charge in [-0.25, -0.2) is 0 Å². The molecule has 0 aliphatic heterocycles. The number of anilines is 1. The Morgan fingerprint density at radius 1 is 1.00 bits per heavy atom. The van der Waals surface area contributed by atoms with Crippen molar-refractivity contribution in [3.63, 3.8) is 0 Å². The second kappa shape index (κ2) is 7.42. The van der Waals surface area contributed by atoms with Gasteiger partial charge < -0.3 is 10.2 Å². The van der Waals surface area contributed by atoms with Crippen molar-refractivity contribution in [1.82, 2.24) is 9.88 Å². The number of nitrogens with zero attached hydrogens (tertiary/aromatic N) is 2. The second-order valence-electron chi connectivity index (χ2n) is 5.85. The molecule has 0 fully saturated rings. The lowest BCUT2D eigenvalue weighted by Gasteiger charge is -2.18. The molecule has 1 N–H and O–H groups in total. The molecule has 3 nitrogen and oxygen atoms in total. The number of aromatic nitrogens is 1. The van der Waals surface area contributed by atoms with Crippen LogP contribution in [0.15, 0.2) is 48.7 Å². The Bertz CT molecular complexity index is 724. The van der Waals surface area contributed by atoms with Crippen LogP contribution in [0.5, 0.6) is 0 Å². The highest BCUT2D eigenvalue weighted by atomic mass is 15.1. The van der Waals surface area contributed by atoms with Crippen molar-refractivity contribution in [2.75, 3.05) is 31.5 Å². The van der Waals surface area contributed by atoms with Crippen molar-refractivity contribution in [2.45, 2.75) is 20.3 Å². The third-order valence-electron chi connectivity index (χ3n) is 4.48. The van der Waals surface area contributed by atoms with E-state index in [9.17, 15) is 0 Å². The highest BCUT2D eigenvalue weighted by Gasteiger charge is 2.07. The Morgan fingerprint density at radius 3 is 2.61 bits per heavy atom. The van der Waals surface area contributed by atoms with Gasteiger partial charge in [0.2, 0.25) is 0 Å². The number of benzene rings is 2. The van der Waals surface area contributed by atoms with Gasteiger partial charge in [0.05, 0.1) is 11.2 Å². The van der Waals surface area contributed by atoms with Crippen LogP contribution in [-0.4, -0.2) is 36.1 Å². The first-order chi connectivity index (χ1) is 11.3. The minimum Gasteiger partial charge on any atom is -0.384 e. The lowest BCUT2D eigenvalue weighted by molar-refractivity contribution is 0.303. The van der Waals surface area contributed by atoms with Gasteiger partial charge in [-0.15, -0.1) is 0 Å². The SMILES string of the molecule is CCN(CC)CCCNc1c2ccccc2cc2ncccc12. The number of rotatable bonds is 7. The maximum absolute atomic E-state index is 4.53. The summed E-state index contributed by atoms with van der Waals surface area (Å²) < 4.78 is 0. The molecule has 1 heterocycles. The Balaban J connectivity index is 1.85. The van der Waals surface area contributed by atoms with Crippen LogP contribution in [0.4, 0.5) is 5.69 Å². The van der Waals surface area contributed by atoms with E-state index in [1.165, 1.54) is 21.8 Å². The van der Waals surface area contributed by atoms with E-state index in [1.54, 1.807) is 0 Å². The van der Waals surface area contributed by atoms with Crippen LogP contribution in [-0.2, 0) is 0 Å². The highest BCUT2D eigenvalue weighted by Crippen LogP contribution is 2.31. The fourth-order valence-corrected chi connectivity index (χ4v) is 3.13. The molecular formula is C20H25N3. The summed E-state index contributed by atoms with van der Waals surface area (Å²) in [4.78, 5) is 6.99. The summed E-state index contributed by atoms with van der Waals surface area (Å²) in [5, 5.41) is 7.38. The van der Waals surface area contributed by atoms with Gasteiger partial charge in [-0.3, -0.25) is 4.98 Å². The summed E-state index contributed by atoms with van der Waals surface area (Å²) in [5.74, 6) is 0. The van der Waals surface area contributed by atoms with Gasteiger partial charge in [0.15, 0.2) is 0 Å². The van der Waals surface area contributed by atoms with E-state index in [-0.39, 0.29) is 0 Å². The fourth-order valence-electron chi connectivity index (χ4n) is 3.13. The molecule has 0 radical (unpaired) electrons. The quantitative estimate of drug-likeness (QED) is 0.513. The van der Waals surface area contributed by atoms with Gasteiger partial charge in [-0.2, -0.15) is 0 Å². The molecule has 0 aliphatic rings. The largest absolute Gasteiger partial charge is 0.384 e. The summed E-state index contributed by atoms with van der Waals surface area (Å²) in [7, 11) is 0.